The van der Waals surface area contributed by atoms with Gasteiger partial charge in [0.15, 0.2) is 5.11 Å². The van der Waals surface area contributed by atoms with Gasteiger partial charge >= 0.3 is 0 Å². The maximum Gasteiger partial charge on any atom is 0.166 e. The maximum absolute atomic E-state index is 5.12. The van der Waals surface area contributed by atoms with Gasteiger partial charge in [0.25, 0.3) is 0 Å². The van der Waals surface area contributed by atoms with Gasteiger partial charge in [0, 0.05) is 18.1 Å². The van der Waals surface area contributed by atoms with E-state index in [1.807, 2.05) is 5.38 Å². The van der Waals surface area contributed by atoms with Crippen LogP contribution in [0.1, 0.15) is 31.3 Å². The van der Waals surface area contributed by atoms with Crippen LogP contribution in [-0.4, -0.2) is 16.6 Å². The Balaban J connectivity index is 2.33. The van der Waals surface area contributed by atoms with Crippen molar-refractivity contribution in [3.05, 3.63) is 16.6 Å². The molecule has 0 fully saturated rings. The second-order valence-corrected chi connectivity index (χ2v) is 4.33. The summed E-state index contributed by atoms with van der Waals surface area (Å²) in [5.41, 5.74) is 0. The smallest absolute Gasteiger partial charge is 0.166 e. The number of nitrogens with one attached hydrogen (secondary N) is 2. The molecule has 0 radical (unpaired) electrons. The van der Waals surface area contributed by atoms with E-state index < -0.39 is 0 Å². The maximum atomic E-state index is 5.12. The normalized spacial score (nSPS) is 12.1. The van der Waals surface area contributed by atoms with E-state index in [0.717, 1.165) is 18.0 Å². The summed E-state index contributed by atoms with van der Waals surface area (Å²) in [6.07, 6.45) is 2.88. The third kappa shape index (κ3) is 3.59. The minimum absolute atomic E-state index is 0.187. The molecule has 78 valence electrons. The Morgan fingerprint density at radius 3 is 3.07 bits per heavy atom. The molecule has 1 rings (SSSR count). The summed E-state index contributed by atoms with van der Waals surface area (Å²) in [6.45, 7) is 5.08. The Morgan fingerprint density at radius 2 is 2.50 bits per heavy atom. The molecule has 5 heteroatoms. The lowest BCUT2D eigenvalue weighted by Gasteiger charge is -2.14. The van der Waals surface area contributed by atoms with Crippen LogP contribution in [0.5, 0.6) is 0 Å². The number of thiocarbonyl (C=S) groups is 1. The molecule has 14 heavy (non-hydrogen) atoms. The summed E-state index contributed by atoms with van der Waals surface area (Å²) in [5, 5.41) is 10.0. The average molecular weight is 229 g/mol. The predicted octanol–water partition coefficient (Wildman–Crippen LogP) is 2.08. The first kappa shape index (κ1) is 11.4. The van der Waals surface area contributed by atoms with Crippen molar-refractivity contribution in [3.8, 4) is 0 Å². The summed E-state index contributed by atoms with van der Waals surface area (Å²) in [4.78, 5) is 4.22. The highest BCUT2D eigenvalue weighted by atomic mass is 32.1. The molecule has 0 bridgehead atoms. The molecular formula is C9H15N3S2. The fourth-order valence-electron chi connectivity index (χ4n) is 0.996. The summed E-state index contributed by atoms with van der Waals surface area (Å²) in [5.74, 6) is 0. The van der Waals surface area contributed by atoms with E-state index in [2.05, 4.69) is 29.5 Å². The molecule has 1 unspecified atom stereocenters. The van der Waals surface area contributed by atoms with E-state index in [4.69, 9.17) is 12.2 Å². The Hall–Kier alpha value is -0.680. The number of rotatable bonds is 4. The second kappa shape index (κ2) is 5.93. The van der Waals surface area contributed by atoms with Crippen molar-refractivity contribution >= 4 is 28.7 Å². The van der Waals surface area contributed by atoms with E-state index in [1.165, 1.54) is 0 Å². The van der Waals surface area contributed by atoms with Gasteiger partial charge in [0.2, 0.25) is 0 Å². The summed E-state index contributed by atoms with van der Waals surface area (Å²) in [7, 11) is 0. The van der Waals surface area contributed by atoms with Gasteiger partial charge < -0.3 is 10.6 Å². The molecule has 0 saturated heterocycles. The zero-order valence-corrected chi connectivity index (χ0v) is 10.0. The molecule has 0 aromatic carbocycles. The van der Waals surface area contributed by atoms with Crippen molar-refractivity contribution in [1.82, 2.24) is 15.6 Å². The minimum Gasteiger partial charge on any atom is -0.363 e. The van der Waals surface area contributed by atoms with Gasteiger partial charge in [-0.15, -0.1) is 11.3 Å². The second-order valence-electron chi connectivity index (χ2n) is 2.99. The Kier molecular flexibility index (Phi) is 4.82. The van der Waals surface area contributed by atoms with Crippen molar-refractivity contribution in [2.45, 2.75) is 26.3 Å². The third-order valence-corrected chi connectivity index (χ3v) is 2.93. The molecule has 1 aromatic heterocycles. The summed E-state index contributed by atoms with van der Waals surface area (Å²) >= 11 is 6.76. The molecule has 0 amide bonds. The van der Waals surface area contributed by atoms with Crippen LogP contribution in [-0.2, 0) is 0 Å². The van der Waals surface area contributed by atoms with Crippen molar-refractivity contribution in [2.24, 2.45) is 0 Å². The van der Waals surface area contributed by atoms with E-state index in [-0.39, 0.29) is 6.04 Å². The Bertz CT molecular complexity index is 272. The van der Waals surface area contributed by atoms with Gasteiger partial charge in [0.1, 0.15) is 5.01 Å². The van der Waals surface area contributed by atoms with E-state index in [9.17, 15) is 0 Å². The lowest BCUT2D eigenvalue weighted by Crippen LogP contribution is -2.37. The van der Waals surface area contributed by atoms with Crippen LogP contribution in [0.2, 0.25) is 0 Å². The molecule has 0 aliphatic heterocycles. The third-order valence-electron chi connectivity index (χ3n) is 1.71. The number of hydrogen-bond donors (Lipinski definition) is 2. The zero-order chi connectivity index (χ0) is 10.4. The first-order chi connectivity index (χ1) is 6.74. The lowest BCUT2D eigenvalue weighted by atomic mass is 10.4. The Morgan fingerprint density at radius 1 is 1.71 bits per heavy atom. The quantitative estimate of drug-likeness (QED) is 0.775. The van der Waals surface area contributed by atoms with E-state index >= 15 is 0 Å². The summed E-state index contributed by atoms with van der Waals surface area (Å²) < 4.78 is 0. The van der Waals surface area contributed by atoms with Gasteiger partial charge in [-0.25, -0.2) is 4.98 Å². The van der Waals surface area contributed by atoms with Crippen LogP contribution in [0.4, 0.5) is 0 Å². The monoisotopic (exact) mass is 229 g/mol. The Labute approximate surface area is 93.9 Å². The molecule has 3 nitrogen and oxygen atoms in total. The lowest BCUT2D eigenvalue weighted by molar-refractivity contribution is 0.689. The fourth-order valence-corrected chi connectivity index (χ4v) is 1.92. The molecule has 0 aliphatic carbocycles. The highest BCUT2D eigenvalue weighted by Crippen LogP contribution is 2.14. The van der Waals surface area contributed by atoms with E-state index in [1.54, 1.807) is 17.5 Å². The van der Waals surface area contributed by atoms with Gasteiger partial charge in [-0.05, 0) is 25.6 Å². The van der Waals surface area contributed by atoms with Crippen LogP contribution >= 0.6 is 23.6 Å². The molecule has 0 aliphatic rings. The predicted molar refractivity (Wildman–Crippen MR) is 64.6 cm³/mol. The highest BCUT2D eigenvalue weighted by molar-refractivity contribution is 7.80. The van der Waals surface area contributed by atoms with Gasteiger partial charge in [-0.1, -0.05) is 6.92 Å². The minimum atomic E-state index is 0.187. The van der Waals surface area contributed by atoms with Crippen LogP contribution < -0.4 is 10.6 Å². The number of nitrogens with zero attached hydrogens (tertiary/aromatic N) is 1. The SMILES string of the molecule is CCCNC(=S)NC(C)c1nccs1. The highest BCUT2D eigenvalue weighted by Gasteiger charge is 2.08. The van der Waals surface area contributed by atoms with Crippen LogP contribution in [0, 0.1) is 0 Å². The van der Waals surface area contributed by atoms with E-state index in [0.29, 0.717) is 5.11 Å². The fraction of sp³-hybridized carbons (Fsp3) is 0.556. The topological polar surface area (TPSA) is 37.0 Å². The molecule has 0 saturated carbocycles. The van der Waals surface area contributed by atoms with Gasteiger partial charge in [-0.2, -0.15) is 0 Å². The van der Waals surface area contributed by atoms with Crippen LogP contribution in [0.15, 0.2) is 11.6 Å². The van der Waals surface area contributed by atoms with Crippen LogP contribution in [0.3, 0.4) is 0 Å². The number of thiazole rings is 1. The molecule has 1 atom stereocenters. The van der Waals surface area contributed by atoms with Crippen molar-refractivity contribution in [3.63, 3.8) is 0 Å². The van der Waals surface area contributed by atoms with Gasteiger partial charge in [0.05, 0.1) is 6.04 Å². The molecule has 2 N–H and O–H groups in total. The van der Waals surface area contributed by atoms with Crippen molar-refractivity contribution < 1.29 is 0 Å². The summed E-state index contributed by atoms with van der Waals surface area (Å²) in [6, 6.07) is 0.187. The first-order valence-corrected chi connectivity index (χ1v) is 5.96. The largest absolute Gasteiger partial charge is 0.363 e. The van der Waals surface area contributed by atoms with Crippen molar-refractivity contribution in [2.75, 3.05) is 6.54 Å². The molecule has 0 spiro atoms. The molecule has 1 aromatic rings. The zero-order valence-electron chi connectivity index (χ0n) is 8.41. The van der Waals surface area contributed by atoms with Gasteiger partial charge in [-0.3, -0.25) is 0 Å². The number of aromatic nitrogens is 1. The van der Waals surface area contributed by atoms with Crippen LogP contribution in [0.25, 0.3) is 0 Å². The van der Waals surface area contributed by atoms with Crippen molar-refractivity contribution in [1.29, 1.82) is 0 Å². The molecule has 1 heterocycles. The number of hydrogen-bond acceptors (Lipinski definition) is 3. The molecular weight excluding hydrogens is 214 g/mol. The standard InChI is InChI=1S/C9H15N3S2/c1-3-4-11-9(13)12-7(2)8-10-5-6-14-8/h5-7H,3-4H2,1-2H3,(H2,11,12,13). The average Bonchev–Trinajstić information content (AvgIpc) is 2.67. The first-order valence-electron chi connectivity index (χ1n) is 4.67.